The normalized spacial score (nSPS) is 13.7. The Balaban J connectivity index is 1.80. The van der Waals surface area contributed by atoms with Gasteiger partial charge in [0.05, 0.1) is 6.61 Å². The second-order valence-corrected chi connectivity index (χ2v) is 7.34. The number of carbonyl (C=O) groups is 1. The number of hydrogen-bond donors (Lipinski definition) is 1. The molecule has 0 saturated carbocycles. The third-order valence-corrected chi connectivity index (χ3v) is 5.20. The predicted molar refractivity (Wildman–Crippen MR) is 84.6 cm³/mol. The van der Waals surface area contributed by atoms with Crippen LogP contribution in [0.5, 0.6) is 5.75 Å². The molecule has 0 bridgehead atoms. The number of carbonyl (C=O) groups excluding carboxylic acids is 1. The van der Waals surface area contributed by atoms with Gasteiger partial charge in [-0.3, -0.25) is 0 Å². The lowest BCUT2D eigenvalue weighted by molar-refractivity contribution is -0.117. The fourth-order valence-corrected chi connectivity index (χ4v) is 3.79. The van der Waals surface area contributed by atoms with Crippen molar-refractivity contribution in [3.8, 4) is 5.75 Å². The largest absolute Gasteiger partial charge is 0.492 e. The zero-order valence-electron chi connectivity index (χ0n) is 12.9. The van der Waals surface area contributed by atoms with Crippen LogP contribution in [0, 0.1) is 0 Å². The molecule has 122 valence electrons. The van der Waals surface area contributed by atoms with Crippen molar-refractivity contribution >= 4 is 15.8 Å². The second kappa shape index (κ2) is 7.74. The summed E-state index contributed by atoms with van der Waals surface area (Å²) < 4.78 is 32.7. The number of ketones is 1. The van der Waals surface area contributed by atoms with E-state index in [1.54, 1.807) is 19.1 Å². The highest BCUT2D eigenvalue weighted by atomic mass is 32.2. The number of Topliss-reactive ketones (excluding diaryl/α,β-unsaturated/α-hetero) is 1. The van der Waals surface area contributed by atoms with E-state index in [0.717, 1.165) is 37.7 Å². The number of nitrogens with one attached hydrogen (secondary N) is 1. The Morgan fingerprint density at radius 1 is 1.23 bits per heavy atom. The summed E-state index contributed by atoms with van der Waals surface area (Å²) in [5.74, 6) is 0.704. The Kier molecular flexibility index (Phi) is 5.97. The van der Waals surface area contributed by atoms with E-state index in [0.29, 0.717) is 25.3 Å². The first kappa shape index (κ1) is 17.0. The van der Waals surface area contributed by atoms with Gasteiger partial charge in [0.25, 0.3) is 0 Å². The van der Waals surface area contributed by atoms with Crippen molar-refractivity contribution in [2.24, 2.45) is 0 Å². The number of para-hydroxylation sites is 1. The van der Waals surface area contributed by atoms with Crippen molar-refractivity contribution in [2.45, 2.75) is 50.3 Å². The molecule has 2 rings (SSSR count). The van der Waals surface area contributed by atoms with Gasteiger partial charge in [0.2, 0.25) is 10.0 Å². The quantitative estimate of drug-likeness (QED) is 0.708. The van der Waals surface area contributed by atoms with Crippen molar-refractivity contribution in [3.63, 3.8) is 0 Å². The van der Waals surface area contributed by atoms with Gasteiger partial charge in [0.15, 0.2) is 0 Å². The number of rotatable bonds is 9. The van der Waals surface area contributed by atoms with E-state index >= 15 is 0 Å². The van der Waals surface area contributed by atoms with Crippen molar-refractivity contribution in [1.29, 1.82) is 0 Å². The van der Waals surface area contributed by atoms with E-state index in [-0.39, 0.29) is 10.7 Å². The number of sulfonamides is 1. The zero-order chi connectivity index (χ0) is 16.0. The molecule has 1 N–H and O–H groups in total. The van der Waals surface area contributed by atoms with Crippen LogP contribution in [0.25, 0.3) is 0 Å². The maximum atomic E-state index is 12.3. The van der Waals surface area contributed by atoms with Crippen LogP contribution >= 0.6 is 0 Å². The third kappa shape index (κ3) is 4.55. The summed E-state index contributed by atoms with van der Waals surface area (Å²) in [5, 5.41) is 0. The van der Waals surface area contributed by atoms with Gasteiger partial charge in [-0.2, -0.15) is 0 Å². The van der Waals surface area contributed by atoms with Crippen LogP contribution in [0.1, 0.15) is 44.6 Å². The molecule has 1 aliphatic rings. The zero-order valence-corrected chi connectivity index (χ0v) is 13.7. The Morgan fingerprint density at radius 2 is 2.00 bits per heavy atom. The summed E-state index contributed by atoms with van der Waals surface area (Å²) in [6.45, 7) is 2.54. The second-order valence-electron chi connectivity index (χ2n) is 5.61. The lowest BCUT2D eigenvalue weighted by Gasteiger charge is -2.10. The van der Waals surface area contributed by atoms with Crippen molar-refractivity contribution in [2.75, 3.05) is 13.2 Å². The van der Waals surface area contributed by atoms with E-state index in [4.69, 9.17) is 4.74 Å². The molecular weight excluding hydrogens is 302 g/mol. The van der Waals surface area contributed by atoms with Gasteiger partial charge in [-0.15, -0.1) is 0 Å². The Morgan fingerprint density at radius 3 is 2.77 bits per heavy atom. The number of unbranched alkanes of at least 4 members (excludes halogenated alkanes) is 3. The van der Waals surface area contributed by atoms with Gasteiger partial charge in [-0.05, 0) is 31.4 Å². The highest BCUT2D eigenvalue weighted by molar-refractivity contribution is 7.89. The van der Waals surface area contributed by atoms with Crippen molar-refractivity contribution < 1.29 is 17.9 Å². The van der Waals surface area contributed by atoms with Crippen LogP contribution in [0.2, 0.25) is 0 Å². The number of hydrogen-bond acceptors (Lipinski definition) is 4. The van der Waals surface area contributed by atoms with E-state index in [1.165, 1.54) is 0 Å². The molecule has 5 nitrogen and oxygen atoms in total. The first-order valence-corrected chi connectivity index (χ1v) is 9.23. The summed E-state index contributed by atoms with van der Waals surface area (Å²) in [5.41, 5.74) is 0.951. The van der Waals surface area contributed by atoms with E-state index < -0.39 is 10.0 Å². The maximum absolute atomic E-state index is 12.3. The molecule has 1 aromatic carbocycles. The van der Waals surface area contributed by atoms with Gasteiger partial charge in [-0.25, -0.2) is 13.1 Å². The van der Waals surface area contributed by atoms with Crippen LogP contribution in [-0.2, 0) is 21.2 Å². The molecule has 0 aromatic heterocycles. The summed E-state index contributed by atoms with van der Waals surface area (Å²) in [7, 11) is -3.52. The molecule has 6 heteroatoms. The van der Waals surface area contributed by atoms with Crippen LogP contribution in [0.15, 0.2) is 23.1 Å². The van der Waals surface area contributed by atoms with Gasteiger partial charge in [0, 0.05) is 19.4 Å². The highest BCUT2D eigenvalue weighted by Gasteiger charge is 2.24. The van der Waals surface area contributed by atoms with Crippen molar-refractivity contribution in [1.82, 2.24) is 4.72 Å². The molecular formula is C16H23NO4S. The third-order valence-electron chi connectivity index (χ3n) is 3.72. The molecule has 0 spiro atoms. The smallest absolute Gasteiger partial charge is 0.244 e. The van der Waals surface area contributed by atoms with Crippen LogP contribution < -0.4 is 9.46 Å². The average molecular weight is 325 g/mol. The summed E-state index contributed by atoms with van der Waals surface area (Å²) in [6.07, 6.45) is 4.88. The van der Waals surface area contributed by atoms with Crippen LogP contribution in [0.3, 0.4) is 0 Å². The molecule has 1 heterocycles. The minimum absolute atomic E-state index is 0.207. The molecule has 0 amide bonds. The summed E-state index contributed by atoms with van der Waals surface area (Å²) >= 11 is 0. The number of fused-ring (bicyclic) bond motifs is 1. The van der Waals surface area contributed by atoms with Gasteiger partial charge in [-0.1, -0.05) is 25.0 Å². The Labute approximate surface area is 132 Å². The lowest BCUT2D eigenvalue weighted by Crippen LogP contribution is -2.25. The van der Waals surface area contributed by atoms with Gasteiger partial charge in [0.1, 0.15) is 16.4 Å². The minimum Gasteiger partial charge on any atom is -0.492 e. The molecule has 1 aliphatic heterocycles. The number of benzene rings is 1. The molecule has 0 fully saturated rings. The van der Waals surface area contributed by atoms with Crippen LogP contribution in [0.4, 0.5) is 0 Å². The molecule has 0 radical (unpaired) electrons. The Hall–Kier alpha value is -1.40. The van der Waals surface area contributed by atoms with E-state index in [2.05, 4.69) is 4.72 Å². The predicted octanol–water partition coefficient (Wildman–Crippen LogP) is 2.44. The fourth-order valence-electron chi connectivity index (χ4n) is 2.53. The standard InChI is InChI=1S/C16H23NO4S/c1-13(18)7-4-2-3-5-11-17-22(19,20)15-9-6-8-14-10-12-21-16(14)15/h6,8-9,17H,2-5,7,10-12H2,1H3. The SMILES string of the molecule is CC(=O)CCCCCCNS(=O)(=O)c1cccc2c1OCC2. The molecule has 0 saturated heterocycles. The molecule has 1 aromatic rings. The first-order chi connectivity index (χ1) is 10.5. The first-order valence-electron chi connectivity index (χ1n) is 7.74. The van der Waals surface area contributed by atoms with E-state index in [1.807, 2.05) is 6.07 Å². The molecule has 0 atom stereocenters. The van der Waals surface area contributed by atoms with Gasteiger partial charge < -0.3 is 9.53 Å². The highest BCUT2D eigenvalue weighted by Crippen LogP contribution is 2.32. The monoisotopic (exact) mass is 325 g/mol. The lowest BCUT2D eigenvalue weighted by atomic mass is 10.1. The molecule has 0 aliphatic carbocycles. The maximum Gasteiger partial charge on any atom is 0.244 e. The van der Waals surface area contributed by atoms with Crippen molar-refractivity contribution in [3.05, 3.63) is 23.8 Å². The molecule has 22 heavy (non-hydrogen) atoms. The Bertz CT molecular complexity index is 625. The van der Waals surface area contributed by atoms with Gasteiger partial charge >= 0.3 is 0 Å². The minimum atomic E-state index is -3.52. The van der Waals surface area contributed by atoms with E-state index in [9.17, 15) is 13.2 Å². The fraction of sp³-hybridized carbons (Fsp3) is 0.562. The molecule has 0 unspecified atom stereocenters. The summed E-state index contributed by atoms with van der Waals surface area (Å²) in [6, 6.07) is 5.24. The van der Waals surface area contributed by atoms with Crippen LogP contribution in [-0.4, -0.2) is 27.4 Å². The topological polar surface area (TPSA) is 72.5 Å². The average Bonchev–Trinajstić information content (AvgIpc) is 2.94. The summed E-state index contributed by atoms with van der Waals surface area (Å²) in [4.78, 5) is 11.0. The number of ether oxygens (including phenoxy) is 1.